The Hall–Kier alpha value is -2.14. The van der Waals surface area contributed by atoms with Crippen LogP contribution in [0.15, 0.2) is 23.1 Å². The average Bonchev–Trinajstić information content (AvgIpc) is 3.04. The molecule has 2 heterocycles. The summed E-state index contributed by atoms with van der Waals surface area (Å²) in [5, 5.41) is 2.87. The summed E-state index contributed by atoms with van der Waals surface area (Å²) in [4.78, 5) is 29.2. The van der Waals surface area contributed by atoms with Gasteiger partial charge in [-0.3, -0.25) is 19.4 Å². The van der Waals surface area contributed by atoms with E-state index in [-0.39, 0.29) is 18.4 Å². The molecule has 1 aromatic carbocycles. The molecule has 3 rings (SSSR count). The summed E-state index contributed by atoms with van der Waals surface area (Å²) in [5.74, 6) is 0.694. The number of hydrogen-bond acceptors (Lipinski definition) is 8. The summed E-state index contributed by atoms with van der Waals surface area (Å²) in [6.07, 6.45) is 2.59. The number of thiocarbonyl (C=S) groups is 1. The van der Waals surface area contributed by atoms with Crippen LogP contribution in [0.4, 0.5) is 0 Å². The van der Waals surface area contributed by atoms with E-state index in [9.17, 15) is 9.59 Å². The standard InChI is InChI=1S/C21H27N3O5S2/c1-27-16-5-4-15(12-17(16)28-2)13-18-20(26)24(21(30)31-18)14-19(25)22-6-3-7-23-8-10-29-11-9-23/h4-5,12-13H,3,6-11,14H2,1-2H3,(H,22,25). The van der Waals surface area contributed by atoms with Crippen LogP contribution in [0.25, 0.3) is 6.08 Å². The Balaban J connectivity index is 1.51. The van der Waals surface area contributed by atoms with E-state index in [2.05, 4.69) is 10.2 Å². The maximum atomic E-state index is 12.8. The molecule has 0 radical (unpaired) electrons. The van der Waals surface area contributed by atoms with Crippen LogP contribution in [-0.2, 0) is 14.3 Å². The van der Waals surface area contributed by atoms with Crippen molar-refractivity contribution in [3.05, 3.63) is 28.7 Å². The molecule has 1 aromatic rings. The van der Waals surface area contributed by atoms with Gasteiger partial charge >= 0.3 is 0 Å². The number of morpholine rings is 1. The van der Waals surface area contributed by atoms with E-state index in [0.29, 0.717) is 27.3 Å². The van der Waals surface area contributed by atoms with Gasteiger partial charge in [-0.15, -0.1) is 0 Å². The number of thioether (sulfide) groups is 1. The van der Waals surface area contributed by atoms with Crippen molar-refractivity contribution in [1.82, 2.24) is 15.1 Å². The van der Waals surface area contributed by atoms with Crippen molar-refractivity contribution in [2.75, 3.05) is 60.2 Å². The van der Waals surface area contributed by atoms with E-state index in [1.807, 2.05) is 6.07 Å². The topological polar surface area (TPSA) is 80.3 Å². The van der Waals surface area contributed by atoms with Gasteiger partial charge in [0, 0.05) is 19.6 Å². The van der Waals surface area contributed by atoms with Crippen LogP contribution in [0.1, 0.15) is 12.0 Å². The lowest BCUT2D eigenvalue weighted by molar-refractivity contribution is -0.128. The monoisotopic (exact) mass is 465 g/mol. The second-order valence-electron chi connectivity index (χ2n) is 7.04. The lowest BCUT2D eigenvalue weighted by Crippen LogP contribution is -2.41. The molecule has 0 bridgehead atoms. The van der Waals surface area contributed by atoms with Crippen molar-refractivity contribution >= 4 is 46.2 Å². The molecule has 2 aliphatic rings. The third-order valence-corrected chi connectivity index (χ3v) is 6.34. The molecule has 0 atom stereocenters. The molecule has 168 valence electrons. The molecule has 0 aromatic heterocycles. The number of hydrogen-bond donors (Lipinski definition) is 1. The van der Waals surface area contributed by atoms with Gasteiger partial charge in [-0.2, -0.15) is 0 Å². The normalized spacial score (nSPS) is 18.5. The van der Waals surface area contributed by atoms with Gasteiger partial charge in [0.05, 0.1) is 32.3 Å². The number of nitrogens with zero attached hydrogens (tertiary/aromatic N) is 2. The second-order valence-corrected chi connectivity index (χ2v) is 8.72. The molecule has 2 aliphatic heterocycles. The average molecular weight is 466 g/mol. The van der Waals surface area contributed by atoms with Gasteiger partial charge in [-0.25, -0.2) is 0 Å². The molecule has 1 N–H and O–H groups in total. The number of carbonyl (C=O) groups excluding carboxylic acids is 2. The Morgan fingerprint density at radius 2 is 2.00 bits per heavy atom. The van der Waals surface area contributed by atoms with Crippen LogP contribution < -0.4 is 14.8 Å². The second kappa shape index (κ2) is 11.5. The molecule has 2 amide bonds. The number of amides is 2. The third-order valence-electron chi connectivity index (χ3n) is 4.96. The Bertz CT molecular complexity index is 855. The highest BCUT2D eigenvalue weighted by molar-refractivity contribution is 8.26. The Labute approximate surface area is 191 Å². The van der Waals surface area contributed by atoms with Crippen LogP contribution in [0.3, 0.4) is 0 Å². The van der Waals surface area contributed by atoms with Gasteiger partial charge in [0.25, 0.3) is 5.91 Å². The molecule has 10 heteroatoms. The number of ether oxygens (including phenoxy) is 3. The molecular formula is C21H27N3O5S2. The van der Waals surface area contributed by atoms with E-state index in [4.69, 9.17) is 26.4 Å². The van der Waals surface area contributed by atoms with E-state index in [0.717, 1.165) is 44.8 Å². The number of carbonyl (C=O) groups is 2. The van der Waals surface area contributed by atoms with Crippen molar-refractivity contribution in [3.8, 4) is 11.5 Å². The largest absolute Gasteiger partial charge is 0.493 e. The van der Waals surface area contributed by atoms with E-state index < -0.39 is 0 Å². The Morgan fingerprint density at radius 1 is 1.26 bits per heavy atom. The molecule has 0 saturated carbocycles. The maximum Gasteiger partial charge on any atom is 0.266 e. The SMILES string of the molecule is COc1ccc(C=C2SC(=S)N(CC(=O)NCCCN3CCOCC3)C2=O)cc1OC. The van der Waals surface area contributed by atoms with Crippen LogP contribution >= 0.6 is 24.0 Å². The Morgan fingerprint density at radius 3 is 2.71 bits per heavy atom. The molecule has 0 aliphatic carbocycles. The minimum Gasteiger partial charge on any atom is -0.493 e. The number of rotatable bonds is 9. The number of methoxy groups -OCH3 is 2. The first-order valence-corrected chi connectivity index (χ1v) is 11.3. The van der Waals surface area contributed by atoms with Crippen molar-refractivity contribution in [3.63, 3.8) is 0 Å². The van der Waals surface area contributed by atoms with Crippen molar-refractivity contribution in [1.29, 1.82) is 0 Å². The summed E-state index contributed by atoms with van der Waals surface area (Å²) >= 11 is 6.51. The summed E-state index contributed by atoms with van der Waals surface area (Å²) in [6, 6.07) is 5.39. The van der Waals surface area contributed by atoms with Crippen LogP contribution in [0.2, 0.25) is 0 Å². The van der Waals surface area contributed by atoms with Crippen LogP contribution in [-0.4, -0.2) is 86.1 Å². The lowest BCUT2D eigenvalue weighted by atomic mass is 10.2. The highest BCUT2D eigenvalue weighted by Gasteiger charge is 2.33. The fourth-order valence-corrected chi connectivity index (χ4v) is 4.54. The predicted molar refractivity (Wildman–Crippen MR) is 124 cm³/mol. The number of nitrogens with one attached hydrogen (secondary N) is 1. The zero-order valence-electron chi connectivity index (χ0n) is 17.7. The predicted octanol–water partition coefficient (Wildman–Crippen LogP) is 1.74. The van der Waals surface area contributed by atoms with Crippen LogP contribution in [0, 0.1) is 0 Å². The number of benzene rings is 1. The molecule has 8 nitrogen and oxygen atoms in total. The minimum atomic E-state index is -0.270. The lowest BCUT2D eigenvalue weighted by Gasteiger charge is -2.26. The first kappa shape index (κ1) is 23.5. The highest BCUT2D eigenvalue weighted by atomic mass is 32.2. The van der Waals surface area contributed by atoms with Gasteiger partial charge in [0.1, 0.15) is 10.9 Å². The van der Waals surface area contributed by atoms with Gasteiger partial charge in [0.2, 0.25) is 5.91 Å². The van der Waals surface area contributed by atoms with Gasteiger partial charge in [-0.05, 0) is 36.7 Å². The molecular weight excluding hydrogens is 438 g/mol. The first-order valence-electron chi connectivity index (χ1n) is 10.1. The third kappa shape index (κ3) is 6.42. The Kier molecular flexibility index (Phi) is 8.70. The fourth-order valence-electron chi connectivity index (χ4n) is 3.29. The molecule has 0 spiro atoms. The van der Waals surface area contributed by atoms with Crippen LogP contribution in [0.5, 0.6) is 11.5 Å². The molecule has 2 fully saturated rings. The highest BCUT2D eigenvalue weighted by Crippen LogP contribution is 2.34. The zero-order valence-corrected chi connectivity index (χ0v) is 19.4. The van der Waals surface area contributed by atoms with Crippen molar-refractivity contribution < 1.29 is 23.8 Å². The summed E-state index contributed by atoms with van der Waals surface area (Å²) in [5.41, 5.74) is 0.783. The molecule has 31 heavy (non-hydrogen) atoms. The van der Waals surface area contributed by atoms with Gasteiger partial charge < -0.3 is 19.5 Å². The molecule has 0 unspecified atom stereocenters. The van der Waals surface area contributed by atoms with Crippen molar-refractivity contribution in [2.45, 2.75) is 6.42 Å². The maximum absolute atomic E-state index is 12.8. The van der Waals surface area contributed by atoms with E-state index in [1.54, 1.807) is 32.4 Å². The first-order chi connectivity index (χ1) is 15.0. The summed E-state index contributed by atoms with van der Waals surface area (Å²) in [6.45, 7) is 4.78. The van der Waals surface area contributed by atoms with E-state index in [1.165, 1.54) is 16.7 Å². The summed E-state index contributed by atoms with van der Waals surface area (Å²) < 4.78 is 16.2. The smallest absolute Gasteiger partial charge is 0.266 e. The fraction of sp³-hybridized carbons (Fsp3) is 0.476. The van der Waals surface area contributed by atoms with Gasteiger partial charge in [0.15, 0.2) is 11.5 Å². The van der Waals surface area contributed by atoms with Gasteiger partial charge in [-0.1, -0.05) is 30.0 Å². The quantitative estimate of drug-likeness (QED) is 0.336. The minimum absolute atomic E-state index is 0.0779. The summed E-state index contributed by atoms with van der Waals surface area (Å²) in [7, 11) is 3.12. The zero-order chi connectivity index (χ0) is 22.2. The van der Waals surface area contributed by atoms with Crippen molar-refractivity contribution in [2.24, 2.45) is 0 Å². The molecule has 2 saturated heterocycles. The van der Waals surface area contributed by atoms with E-state index >= 15 is 0 Å².